The highest BCUT2D eigenvalue weighted by atomic mass is 35.5. The molecule has 3 aromatic rings. The number of non-ortho nitro benzene ring substituents is 1. The minimum absolute atomic E-state index is 0.0547. The maximum atomic E-state index is 13.1. The van der Waals surface area contributed by atoms with E-state index in [-0.39, 0.29) is 40.9 Å². The van der Waals surface area contributed by atoms with E-state index in [9.17, 15) is 24.1 Å². The van der Waals surface area contributed by atoms with Crippen molar-refractivity contribution in [3.63, 3.8) is 0 Å². The van der Waals surface area contributed by atoms with Crippen LogP contribution in [0.3, 0.4) is 0 Å². The van der Waals surface area contributed by atoms with Gasteiger partial charge in [-0.05, 0) is 59.3 Å². The van der Waals surface area contributed by atoms with Crippen LogP contribution in [-0.2, 0) is 17.9 Å². The second-order valence-corrected chi connectivity index (χ2v) is 9.23. The van der Waals surface area contributed by atoms with E-state index in [1.165, 1.54) is 42.5 Å². The van der Waals surface area contributed by atoms with Gasteiger partial charge in [-0.3, -0.25) is 24.6 Å². The predicted octanol–water partition coefficient (Wildman–Crippen LogP) is 6.86. The highest BCUT2D eigenvalue weighted by Gasteiger charge is 2.35. The lowest BCUT2D eigenvalue weighted by molar-refractivity contribution is -0.384. The number of nitrogens with zero attached hydrogens (tertiary/aromatic N) is 2. The maximum absolute atomic E-state index is 13.1. The van der Waals surface area contributed by atoms with Gasteiger partial charge in [0.15, 0.2) is 0 Å². The van der Waals surface area contributed by atoms with Crippen molar-refractivity contribution in [3.05, 3.63) is 108 Å². The van der Waals surface area contributed by atoms with Gasteiger partial charge in [0, 0.05) is 27.7 Å². The van der Waals surface area contributed by atoms with E-state index in [1.807, 2.05) is 0 Å². The first-order chi connectivity index (χ1) is 16.7. The molecule has 7 nitrogen and oxygen atoms in total. The second-order valence-electron chi connectivity index (χ2n) is 7.40. The molecular weight excluding hydrogens is 518 g/mol. The summed E-state index contributed by atoms with van der Waals surface area (Å²) in [5, 5.41) is 11.5. The molecule has 0 aromatic heterocycles. The third kappa shape index (κ3) is 5.82. The number of rotatable bonds is 7. The first-order valence-electron chi connectivity index (χ1n) is 10.1. The molecule has 0 unspecified atom stereocenters. The summed E-state index contributed by atoms with van der Waals surface area (Å²) in [5.41, 5.74) is 1.25. The van der Waals surface area contributed by atoms with Crippen LogP contribution in [0.25, 0.3) is 6.08 Å². The summed E-state index contributed by atoms with van der Waals surface area (Å²) in [6, 6.07) is 14.4. The molecule has 0 N–H and O–H groups in total. The van der Waals surface area contributed by atoms with E-state index < -0.39 is 16.1 Å². The Labute approximate surface area is 213 Å². The number of nitro benzene ring substituents is 1. The Morgan fingerprint density at radius 3 is 2.49 bits per heavy atom. The van der Waals surface area contributed by atoms with Crippen LogP contribution in [0.1, 0.15) is 16.7 Å². The van der Waals surface area contributed by atoms with Crippen molar-refractivity contribution in [3.8, 4) is 5.75 Å². The molecule has 0 saturated carbocycles. The number of hydrogen-bond acceptors (Lipinski definition) is 6. The fourth-order valence-electron chi connectivity index (χ4n) is 3.23. The van der Waals surface area contributed by atoms with Gasteiger partial charge in [-0.2, -0.15) is 0 Å². The molecule has 178 valence electrons. The van der Waals surface area contributed by atoms with E-state index in [4.69, 9.17) is 27.9 Å². The SMILES string of the molecule is O=C1S/C(=C\c2cc([N+](=O)[O-])ccc2OCc2ccc(F)cc2)C(=O)N1Cc1ccc(Cl)cc1Cl. The van der Waals surface area contributed by atoms with Gasteiger partial charge in [0.25, 0.3) is 16.8 Å². The number of nitro groups is 1. The third-order valence-corrected chi connectivity index (χ3v) is 6.51. The van der Waals surface area contributed by atoms with Gasteiger partial charge in [0.1, 0.15) is 18.2 Å². The summed E-state index contributed by atoms with van der Waals surface area (Å²) >= 11 is 12.8. The van der Waals surface area contributed by atoms with Gasteiger partial charge in [-0.15, -0.1) is 0 Å². The number of carbonyl (C=O) groups excluding carboxylic acids is 2. The predicted molar refractivity (Wildman–Crippen MR) is 132 cm³/mol. The smallest absolute Gasteiger partial charge is 0.293 e. The first-order valence-corrected chi connectivity index (χ1v) is 11.6. The molecule has 0 aliphatic carbocycles. The molecule has 1 fully saturated rings. The molecule has 2 amide bonds. The van der Waals surface area contributed by atoms with E-state index >= 15 is 0 Å². The molecule has 35 heavy (non-hydrogen) atoms. The number of carbonyl (C=O) groups is 2. The first kappa shape index (κ1) is 24.7. The van der Waals surface area contributed by atoms with Crippen molar-refractivity contribution < 1.29 is 23.6 Å². The molecule has 1 aliphatic rings. The van der Waals surface area contributed by atoms with Crippen LogP contribution >= 0.6 is 35.0 Å². The van der Waals surface area contributed by atoms with Gasteiger partial charge in [0.2, 0.25) is 0 Å². The molecule has 0 radical (unpaired) electrons. The number of ether oxygens (including phenoxy) is 1. The zero-order valence-corrected chi connectivity index (χ0v) is 20.1. The Morgan fingerprint density at radius 1 is 1.06 bits per heavy atom. The van der Waals surface area contributed by atoms with Crippen LogP contribution in [0.5, 0.6) is 5.75 Å². The quantitative estimate of drug-likeness (QED) is 0.187. The zero-order chi connectivity index (χ0) is 25.1. The summed E-state index contributed by atoms with van der Waals surface area (Å²) in [7, 11) is 0. The molecule has 0 atom stereocenters. The Kier molecular flexibility index (Phi) is 7.39. The molecular formula is C24H15Cl2FN2O5S. The lowest BCUT2D eigenvalue weighted by atomic mass is 10.1. The average Bonchev–Trinajstić information content (AvgIpc) is 3.08. The summed E-state index contributed by atoms with van der Waals surface area (Å²) in [4.78, 5) is 37.4. The van der Waals surface area contributed by atoms with Crippen molar-refractivity contribution in [2.45, 2.75) is 13.2 Å². The topological polar surface area (TPSA) is 89.7 Å². The lowest BCUT2D eigenvalue weighted by Crippen LogP contribution is -2.27. The van der Waals surface area contributed by atoms with Crippen molar-refractivity contribution in [1.29, 1.82) is 0 Å². The summed E-state index contributed by atoms with van der Waals surface area (Å²) in [6.07, 6.45) is 1.38. The Hall–Kier alpha value is -3.40. The zero-order valence-electron chi connectivity index (χ0n) is 17.7. The van der Waals surface area contributed by atoms with E-state index in [1.54, 1.807) is 24.3 Å². The minimum Gasteiger partial charge on any atom is -0.488 e. The molecule has 11 heteroatoms. The van der Waals surface area contributed by atoms with Crippen molar-refractivity contribution in [2.24, 2.45) is 0 Å². The van der Waals surface area contributed by atoms with Crippen LogP contribution in [0.15, 0.2) is 65.6 Å². The lowest BCUT2D eigenvalue weighted by Gasteiger charge is -2.14. The monoisotopic (exact) mass is 532 g/mol. The largest absolute Gasteiger partial charge is 0.488 e. The van der Waals surface area contributed by atoms with Crippen LogP contribution in [-0.4, -0.2) is 21.0 Å². The number of imide groups is 1. The van der Waals surface area contributed by atoms with Crippen molar-refractivity contribution >= 4 is 57.9 Å². The van der Waals surface area contributed by atoms with Crippen LogP contribution in [0, 0.1) is 15.9 Å². The number of amides is 2. The molecule has 1 saturated heterocycles. The Balaban J connectivity index is 1.60. The summed E-state index contributed by atoms with van der Waals surface area (Å²) in [6.45, 7) is 0.0103. The molecule has 4 rings (SSSR count). The second kappa shape index (κ2) is 10.5. The fourth-order valence-corrected chi connectivity index (χ4v) is 4.53. The number of benzene rings is 3. The number of halogens is 3. The van der Waals surface area contributed by atoms with Gasteiger partial charge >= 0.3 is 0 Å². The van der Waals surface area contributed by atoms with E-state index in [0.29, 0.717) is 32.9 Å². The van der Waals surface area contributed by atoms with Crippen LogP contribution in [0.4, 0.5) is 14.9 Å². The van der Waals surface area contributed by atoms with Crippen molar-refractivity contribution in [2.75, 3.05) is 0 Å². The van der Waals surface area contributed by atoms with Gasteiger partial charge in [0.05, 0.1) is 16.4 Å². The van der Waals surface area contributed by atoms with Crippen LogP contribution < -0.4 is 4.74 Å². The minimum atomic E-state index is -0.574. The normalized spacial score (nSPS) is 14.6. The summed E-state index contributed by atoms with van der Waals surface area (Å²) in [5.74, 6) is -0.699. The maximum Gasteiger partial charge on any atom is 0.293 e. The molecule has 1 aliphatic heterocycles. The highest BCUT2D eigenvalue weighted by Crippen LogP contribution is 2.37. The van der Waals surface area contributed by atoms with E-state index in [0.717, 1.165) is 4.90 Å². The molecule has 0 spiro atoms. The Morgan fingerprint density at radius 2 is 1.80 bits per heavy atom. The van der Waals surface area contributed by atoms with Gasteiger partial charge in [-0.1, -0.05) is 41.4 Å². The van der Waals surface area contributed by atoms with Crippen molar-refractivity contribution in [1.82, 2.24) is 4.90 Å². The average molecular weight is 533 g/mol. The fraction of sp³-hybridized carbons (Fsp3) is 0.0833. The molecule has 1 heterocycles. The van der Waals surface area contributed by atoms with Crippen LogP contribution in [0.2, 0.25) is 10.0 Å². The highest BCUT2D eigenvalue weighted by molar-refractivity contribution is 8.18. The molecule has 3 aromatic carbocycles. The van der Waals surface area contributed by atoms with E-state index in [2.05, 4.69) is 0 Å². The number of thioether (sulfide) groups is 1. The Bertz CT molecular complexity index is 1360. The standard InChI is InChI=1S/C24H15Cl2FN2O5S/c25-17-4-3-15(20(26)11-17)12-28-23(30)22(35-24(28)31)10-16-9-19(29(32)33)7-8-21(16)34-13-14-1-5-18(27)6-2-14/h1-11H,12-13H2/b22-10-. The van der Waals surface area contributed by atoms with Gasteiger partial charge in [-0.25, -0.2) is 4.39 Å². The third-order valence-electron chi connectivity index (χ3n) is 5.02. The summed E-state index contributed by atoms with van der Waals surface area (Å²) < 4.78 is 18.9. The molecule has 0 bridgehead atoms. The number of hydrogen-bond donors (Lipinski definition) is 0. The van der Waals surface area contributed by atoms with Gasteiger partial charge < -0.3 is 4.74 Å².